The van der Waals surface area contributed by atoms with Gasteiger partial charge in [0.05, 0.1) is 29.1 Å². The molecule has 3 aromatic carbocycles. The van der Waals surface area contributed by atoms with E-state index >= 15 is 0 Å². The second-order valence-electron chi connectivity index (χ2n) is 6.85. The van der Waals surface area contributed by atoms with E-state index in [0.717, 1.165) is 11.1 Å². The van der Waals surface area contributed by atoms with Crippen molar-refractivity contribution in [3.8, 4) is 6.07 Å². The number of rotatable bonds is 5. The minimum atomic E-state index is -0.0488. The number of para-hydroxylation sites is 1. The standard InChI is InChI=1S/C24H19N3OS/c1-17-10-12-18(13-11-17)15-27-23(28)21-8-4-5-9-22(21)26-24(27)29-16-20-7-3-2-6-19(20)14-25/h2-13H,15-16H2,1H3. The molecule has 0 saturated carbocycles. The third-order valence-corrected chi connectivity index (χ3v) is 5.81. The monoisotopic (exact) mass is 397 g/mol. The highest BCUT2D eigenvalue weighted by Crippen LogP contribution is 2.24. The number of hydrogen-bond acceptors (Lipinski definition) is 4. The summed E-state index contributed by atoms with van der Waals surface area (Å²) in [5.41, 5.74) is 4.45. The summed E-state index contributed by atoms with van der Waals surface area (Å²) >= 11 is 1.48. The molecule has 4 nitrogen and oxygen atoms in total. The minimum absolute atomic E-state index is 0.0488. The Morgan fingerprint density at radius 3 is 2.52 bits per heavy atom. The molecule has 0 fully saturated rings. The van der Waals surface area contributed by atoms with Crippen molar-refractivity contribution in [3.63, 3.8) is 0 Å². The maximum absolute atomic E-state index is 13.2. The van der Waals surface area contributed by atoms with Gasteiger partial charge in [0.25, 0.3) is 5.56 Å². The number of thioether (sulfide) groups is 1. The Morgan fingerprint density at radius 2 is 1.72 bits per heavy atom. The van der Waals surface area contributed by atoms with Gasteiger partial charge in [0.15, 0.2) is 5.16 Å². The zero-order chi connectivity index (χ0) is 20.2. The summed E-state index contributed by atoms with van der Waals surface area (Å²) in [5.74, 6) is 0.572. The van der Waals surface area contributed by atoms with Crippen LogP contribution in [0.25, 0.3) is 10.9 Å². The van der Waals surface area contributed by atoms with Crippen LogP contribution in [-0.2, 0) is 12.3 Å². The van der Waals surface area contributed by atoms with Crippen molar-refractivity contribution >= 4 is 22.7 Å². The second kappa shape index (κ2) is 8.34. The first-order valence-electron chi connectivity index (χ1n) is 9.31. The van der Waals surface area contributed by atoms with Crippen LogP contribution in [-0.4, -0.2) is 9.55 Å². The van der Waals surface area contributed by atoms with Crippen molar-refractivity contribution < 1.29 is 0 Å². The molecular weight excluding hydrogens is 378 g/mol. The molecule has 0 aliphatic rings. The Hall–Kier alpha value is -3.36. The third kappa shape index (κ3) is 4.08. The fraction of sp³-hybridized carbons (Fsp3) is 0.125. The summed E-state index contributed by atoms with van der Waals surface area (Å²) in [7, 11) is 0. The van der Waals surface area contributed by atoms with Crippen LogP contribution in [0.3, 0.4) is 0 Å². The minimum Gasteiger partial charge on any atom is -0.283 e. The lowest BCUT2D eigenvalue weighted by molar-refractivity contribution is 0.658. The van der Waals surface area contributed by atoms with E-state index in [1.54, 1.807) is 4.57 Å². The summed E-state index contributed by atoms with van der Waals surface area (Å²) in [4.78, 5) is 18.0. The first-order chi connectivity index (χ1) is 14.2. The van der Waals surface area contributed by atoms with Crippen LogP contribution in [0.4, 0.5) is 0 Å². The maximum atomic E-state index is 13.2. The zero-order valence-corrected chi connectivity index (χ0v) is 16.8. The average molecular weight is 398 g/mol. The molecular formula is C24H19N3OS. The van der Waals surface area contributed by atoms with Crippen LogP contribution < -0.4 is 5.56 Å². The number of fused-ring (bicyclic) bond motifs is 1. The molecule has 4 aromatic rings. The van der Waals surface area contributed by atoms with E-state index in [4.69, 9.17) is 4.98 Å². The van der Waals surface area contributed by atoms with Gasteiger partial charge in [-0.2, -0.15) is 5.26 Å². The molecule has 0 spiro atoms. The van der Waals surface area contributed by atoms with Crippen LogP contribution in [0.5, 0.6) is 0 Å². The van der Waals surface area contributed by atoms with Crippen LogP contribution in [0, 0.1) is 18.3 Å². The molecule has 0 bridgehead atoms. The van der Waals surface area contributed by atoms with Crippen LogP contribution in [0.2, 0.25) is 0 Å². The number of hydrogen-bond donors (Lipinski definition) is 0. The van der Waals surface area contributed by atoms with E-state index in [1.165, 1.54) is 17.3 Å². The van der Waals surface area contributed by atoms with Crippen molar-refractivity contribution in [1.29, 1.82) is 5.26 Å². The first kappa shape index (κ1) is 19.0. The topological polar surface area (TPSA) is 58.7 Å². The van der Waals surface area contributed by atoms with Gasteiger partial charge in [-0.1, -0.05) is 71.9 Å². The van der Waals surface area contributed by atoms with Gasteiger partial charge in [-0.05, 0) is 36.2 Å². The van der Waals surface area contributed by atoms with Crippen molar-refractivity contribution in [1.82, 2.24) is 9.55 Å². The van der Waals surface area contributed by atoms with Crippen molar-refractivity contribution in [2.75, 3.05) is 0 Å². The van der Waals surface area contributed by atoms with E-state index < -0.39 is 0 Å². The van der Waals surface area contributed by atoms with Gasteiger partial charge in [0, 0.05) is 5.75 Å². The molecule has 0 saturated heterocycles. The number of nitriles is 1. The largest absolute Gasteiger partial charge is 0.283 e. The van der Waals surface area contributed by atoms with E-state index in [1.807, 2.05) is 79.7 Å². The Kier molecular flexibility index (Phi) is 5.46. The SMILES string of the molecule is Cc1ccc(Cn2c(SCc3ccccc3C#N)nc3ccccc3c2=O)cc1. The summed E-state index contributed by atoms with van der Waals surface area (Å²) in [6, 6.07) is 25.3. The number of aromatic nitrogens is 2. The first-order valence-corrected chi connectivity index (χ1v) is 10.3. The summed E-state index contributed by atoms with van der Waals surface area (Å²) in [5, 5.41) is 10.6. The van der Waals surface area contributed by atoms with Gasteiger partial charge in [0.2, 0.25) is 0 Å². The number of aryl methyl sites for hydroxylation is 1. The van der Waals surface area contributed by atoms with E-state index in [-0.39, 0.29) is 5.56 Å². The average Bonchev–Trinajstić information content (AvgIpc) is 2.76. The molecule has 0 unspecified atom stereocenters. The van der Waals surface area contributed by atoms with Crippen LogP contribution in [0.15, 0.2) is 82.7 Å². The normalized spacial score (nSPS) is 10.8. The predicted octanol–water partition coefficient (Wildman–Crippen LogP) is 4.92. The third-order valence-electron chi connectivity index (χ3n) is 4.78. The lowest BCUT2D eigenvalue weighted by Gasteiger charge is -2.14. The molecule has 29 heavy (non-hydrogen) atoms. The van der Waals surface area contributed by atoms with Gasteiger partial charge in [-0.15, -0.1) is 0 Å². The Balaban J connectivity index is 1.75. The zero-order valence-electron chi connectivity index (χ0n) is 16.0. The quantitative estimate of drug-likeness (QED) is 0.354. The Labute approximate surface area is 173 Å². The molecule has 0 N–H and O–H groups in total. The Bertz CT molecular complexity index is 1270. The molecule has 1 aromatic heterocycles. The molecule has 0 atom stereocenters. The molecule has 1 heterocycles. The van der Waals surface area contributed by atoms with Gasteiger partial charge in [-0.3, -0.25) is 9.36 Å². The summed E-state index contributed by atoms with van der Waals surface area (Å²) < 4.78 is 1.73. The highest BCUT2D eigenvalue weighted by Gasteiger charge is 2.13. The van der Waals surface area contributed by atoms with Gasteiger partial charge < -0.3 is 0 Å². The highest BCUT2D eigenvalue weighted by molar-refractivity contribution is 7.98. The highest BCUT2D eigenvalue weighted by atomic mass is 32.2. The number of nitrogens with zero attached hydrogens (tertiary/aromatic N) is 3. The van der Waals surface area contributed by atoms with Crippen LogP contribution >= 0.6 is 11.8 Å². The van der Waals surface area contributed by atoms with Gasteiger partial charge in [0.1, 0.15) is 0 Å². The summed E-state index contributed by atoms with van der Waals surface area (Å²) in [6.07, 6.45) is 0. The van der Waals surface area contributed by atoms with Crippen LogP contribution in [0.1, 0.15) is 22.3 Å². The predicted molar refractivity (Wildman–Crippen MR) is 117 cm³/mol. The molecule has 142 valence electrons. The lowest BCUT2D eigenvalue weighted by Crippen LogP contribution is -2.24. The van der Waals surface area contributed by atoms with Crippen molar-refractivity contribution in [2.45, 2.75) is 24.4 Å². The van der Waals surface area contributed by atoms with Crippen molar-refractivity contribution in [3.05, 3.63) is 105 Å². The summed E-state index contributed by atoms with van der Waals surface area (Å²) in [6.45, 7) is 2.50. The lowest BCUT2D eigenvalue weighted by atomic mass is 10.1. The number of benzene rings is 3. The molecule has 0 aliphatic carbocycles. The molecule has 0 radical (unpaired) electrons. The second-order valence-corrected chi connectivity index (χ2v) is 7.79. The molecule has 5 heteroatoms. The van der Waals surface area contributed by atoms with Gasteiger partial charge >= 0.3 is 0 Å². The Morgan fingerprint density at radius 1 is 1.00 bits per heavy atom. The van der Waals surface area contributed by atoms with E-state index in [2.05, 4.69) is 6.07 Å². The maximum Gasteiger partial charge on any atom is 0.262 e. The molecule has 0 aliphatic heterocycles. The van der Waals surface area contributed by atoms with Gasteiger partial charge in [-0.25, -0.2) is 4.98 Å². The smallest absolute Gasteiger partial charge is 0.262 e. The van der Waals surface area contributed by atoms with E-state index in [9.17, 15) is 10.1 Å². The molecule has 4 rings (SSSR count). The fourth-order valence-corrected chi connectivity index (χ4v) is 4.17. The fourth-order valence-electron chi connectivity index (χ4n) is 3.17. The molecule has 0 amide bonds. The van der Waals surface area contributed by atoms with Crippen molar-refractivity contribution in [2.24, 2.45) is 0 Å². The van der Waals surface area contributed by atoms with E-state index in [0.29, 0.717) is 33.9 Å².